The Balaban J connectivity index is 1.94. The number of carbonyl (C=O) groups is 1. The van der Waals surface area contributed by atoms with Crippen LogP contribution in [0.4, 0.5) is 11.4 Å². The first kappa shape index (κ1) is 16.4. The molecule has 2 aromatic carbocycles. The van der Waals surface area contributed by atoms with Gasteiger partial charge in [-0.2, -0.15) is 5.06 Å². The molecule has 124 valence electrons. The molecule has 0 saturated heterocycles. The molecule has 0 fully saturated rings. The maximum absolute atomic E-state index is 13.0. The highest BCUT2D eigenvalue weighted by Gasteiger charge is 2.22. The smallest absolute Gasteiger partial charge is 0.292 e. The molecular weight excluding hydrogens is 324 g/mol. The van der Waals surface area contributed by atoms with E-state index in [1.807, 2.05) is 42.5 Å². The number of nitrogens with zero attached hydrogens (tertiary/aromatic N) is 1. The van der Waals surface area contributed by atoms with E-state index in [0.29, 0.717) is 22.9 Å². The van der Waals surface area contributed by atoms with Gasteiger partial charge in [0.2, 0.25) is 0 Å². The van der Waals surface area contributed by atoms with Gasteiger partial charge in [0.05, 0.1) is 29.5 Å². The monoisotopic (exact) mass is 342 g/mol. The average molecular weight is 342 g/mol. The van der Waals surface area contributed by atoms with Gasteiger partial charge in [0, 0.05) is 11.8 Å². The van der Waals surface area contributed by atoms with Gasteiger partial charge < -0.3 is 10.5 Å². The average Bonchev–Trinajstić information content (AvgIpc) is 3.03. The Kier molecular flexibility index (Phi) is 5.10. The van der Waals surface area contributed by atoms with Crippen LogP contribution in [0.3, 0.4) is 0 Å². The number of nitrogen functional groups attached to an aromatic ring is 1. The number of rotatable bonds is 6. The highest BCUT2D eigenvalue weighted by Crippen LogP contribution is 2.30. The normalized spacial score (nSPS) is 10.9. The summed E-state index contributed by atoms with van der Waals surface area (Å²) in [7, 11) is 1.58. The molecule has 1 aromatic heterocycles. The Hall–Kier alpha value is -2.41. The minimum Gasteiger partial charge on any atom is -0.397 e. The number of amides is 1. The van der Waals surface area contributed by atoms with Crippen molar-refractivity contribution in [1.29, 1.82) is 0 Å². The zero-order valence-electron chi connectivity index (χ0n) is 13.3. The van der Waals surface area contributed by atoms with Crippen molar-refractivity contribution in [3.63, 3.8) is 0 Å². The number of thiophene rings is 1. The molecule has 0 bridgehead atoms. The van der Waals surface area contributed by atoms with Crippen molar-refractivity contribution in [2.75, 3.05) is 31.1 Å². The van der Waals surface area contributed by atoms with Crippen molar-refractivity contribution < 1.29 is 14.4 Å². The molecule has 0 aliphatic heterocycles. The number of carbonyl (C=O) groups excluding carboxylic acids is 1. The predicted octanol–water partition coefficient (Wildman–Crippen LogP) is 3.71. The van der Waals surface area contributed by atoms with Crippen LogP contribution in [-0.4, -0.2) is 26.2 Å². The molecule has 0 radical (unpaired) electrons. The van der Waals surface area contributed by atoms with E-state index in [1.54, 1.807) is 19.2 Å². The van der Waals surface area contributed by atoms with E-state index in [4.69, 9.17) is 15.3 Å². The Morgan fingerprint density at radius 2 is 1.88 bits per heavy atom. The summed E-state index contributed by atoms with van der Waals surface area (Å²) in [5, 5.41) is 2.28. The number of hydroxylamine groups is 1. The van der Waals surface area contributed by atoms with Gasteiger partial charge in [0.1, 0.15) is 0 Å². The van der Waals surface area contributed by atoms with Crippen molar-refractivity contribution in [2.45, 2.75) is 0 Å². The zero-order valence-corrected chi connectivity index (χ0v) is 14.1. The third kappa shape index (κ3) is 3.41. The fourth-order valence-corrected chi connectivity index (χ4v) is 3.29. The lowest BCUT2D eigenvalue weighted by atomic mass is 10.2. The summed E-state index contributed by atoms with van der Waals surface area (Å²) >= 11 is 1.43. The summed E-state index contributed by atoms with van der Waals surface area (Å²) in [6.45, 7) is 0.629. The topological polar surface area (TPSA) is 64.8 Å². The molecule has 0 atom stereocenters. The Labute approximate surface area is 144 Å². The van der Waals surface area contributed by atoms with Gasteiger partial charge in [-0.25, -0.2) is 0 Å². The van der Waals surface area contributed by atoms with Crippen LogP contribution < -0.4 is 10.8 Å². The number of hydrogen-bond donors (Lipinski definition) is 1. The highest BCUT2D eigenvalue weighted by atomic mass is 32.1. The molecule has 0 saturated carbocycles. The first-order valence-electron chi connectivity index (χ1n) is 7.50. The Bertz CT molecular complexity index is 814. The Morgan fingerprint density at radius 1 is 1.12 bits per heavy atom. The van der Waals surface area contributed by atoms with Crippen LogP contribution in [0.1, 0.15) is 9.67 Å². The number of anilines is 2. The van der Waals surface area contributed by atoms with Gasteiger partial charge in [-0.1, -0.05) is 30.3 Å². The molecule has 2 N–H and O–H groups in total. The van der Waals surface area contributed by atoms with Crippen LogP contribution >= 0.6 is 11.3 Å². The van der Waals surface area contributed by atoms with E-state index in [1.165, 1.54) is 16.4 Å². The van der Waals surface area contributed by atoms with Crippen molar-refractivity contribution >= 4 is 38.7 Å². The minimum absolute atomic E-state index is 0.245. The summed E-state index contributed by atoms with van der Waals surface area (Å²) in [5.74, 6) is -0.245. The van der Waals surface area contributed by atoms with Gasteiger partial charge in [0.25, 0.3) is 5.91 Å². The lowest BCUT2D eigenvalue weighted by molar-refractivity contribution is 0.0443. The second-order valence-electron chi connectivity index (χ2n) is 5.13. The lowest BCUT2D eigenvalue weighted by Gasteiger charge is -2.22. The first-order chi connectivity index (χ1) is 11.7. The third-order valence-electron chi connectivity index (χ3n) is 3.48. The van der Waals surface area contributed by atoms with Gasteiger partial charge in [-0.3, -0.25) is 9.63 Å². The maximum atomic E-state index is 13.0. The fourth-order valence-electron chi connectivity index (χ4n) is 2.31. The molecule has 5 nitrogen and oxygen atoms in total. The molecule has 1 amide bonds. The van der Waals surface area contributed by atoms with Crippen LogP contribution in [0, 0.1) is 0 Å². The molecule has 24 heavy (non-hydrogen) atoms. The Morgan fingerprint density at radius 3 is 2.62 bits per heavy atom. The third-order valence-corrected chi connectivity index (χ3v) is 4.59. The van der Waals surface area contributed by atoms with E-state index in [0.717, 1.165) is 10.1 Å². The summed E-state index contributed by atoms with van der Waals surface area (Å²) < 4.78 is 6.05. The van der Waals surface area contributed by atoms with Crippen LogP contribution in [0.15, 0.2) is 54.6 Å². The first-order valence-corrected chi connectivity index (χ1v) is 8.31. The molecular formula is C18H18N2O3S. The van der Waals surface area contributed by atoms with Crippen molar-refractivity contribution in [2.24, 2.45) is 0 Å². The highest BCUT2D eigenvalue weighted by molar-refractivity contribution is 7.20. The second kappa shape index (κ2) is 7.44. The number of ether oxygens (including phenoxy) is 1. The number of hydrogen-bond acceptors (Lipinski definition) is 5. The van der Waals surface area contributed by atoms with Crippen molar-refractivity contribution in [3.05, 3.63) is 59.5 Å². The van der Waals surface area contributed by atoms with Gasteiger partial charge in [-0.05, 0) is 29.7 Å². The number of para-hydroxylation sites is 2. The largest absolute Gasteiger partial charge is 0.397 e. The number of benzene rings is 2. The molecule has 0 aliphatic rings. The molecule has 3 aromatic rings. The fraction of sp³-hybridized carbons (Fsp3) is 0.167. The second-order valence-corrected chi connectivity index (χ2v) is 6.22. The van der Waals surface area contributed by atoms with Crippen LogP contribution in [-0.2, 0) is 9.57 Å². The lowest BCUT2D eigenvalue weighted by Crippen LogP contribution is -2.32. The zero-order chi connectivity index (χ0) is 16.9. The van der Waals surface area contributed by atoms with Crippen LogP contribution in [0.5, 0.6) is 0 Å². The molecule has 3 rings (SSSR count). The van der Waals surface area contributed by atoms with E-state index >= 15 is 0 Å². The number of nitrogens with two attached hydrogens (primary N) is 1. The molecule has 0 aliphatic carbocycles. The van der Waals surface area contributed by atoms with E-state index in [2.05, 4.69) is 0 Å². The van der Waals surface area contributed by atoms with E-state index < -0.39 is 0 Å². The molecule has 1 heterocycles. The van der Waals surface area contributed by atoms with Crippen LogP contribution in [0.2, 0.25) is 0 Å². The number of fused-ring (bicyclic) bond motifs is 1. The van der Waals surface area contributed by atoms with Crippen molar-refractivity contribution in [1.82, 2.24) is 0 Å². The van der Waals surface area contributed by atoms with Gasteiger partial charge >= 0.3 is 0 Å². The summed E-state index contributed by atoms with van der Waals surface area (Å²) in [6, 6.07) is 16.9. The van der Waals surface area contributed by atoms with Gasteiger partial charge in [-0.15, -0.1) is 11.3 Å². The van der Waals surface area contributed by atoms with Crippen molar-refractivity contribution in [3.8, 4) is 0 Å². The number of methoxy groups -OCH3 is 1. The van der Waals surface area contributed by atoms with E-state index in [-0.39, 0.29) is 12.5 Å². The minimum atomic E-state index is -0.245. The maximum Gasteiger partial charge on any atom is 0.292 e. The molecule has 0 spiro atoms. The summed E-state index contributed by atoms with van der Waals surface area (Å²) in [5.41, 5.74) is 7.02. The summed E-state index contributed by atoms with van der Waals surface area (Å²) in [6.07, 6.45) is 0. The van der Waals surface area contributed by atoms with Gasteiger partial charge in [0.15, 0.2) is 0 Å². The quantitative estimate of drug-likeness (QED) is 0.421. The summed E-state index contributed by atoms with van der Waals surface area (Å²) in [4.78, 5) is 19.2. The van der Waals surface area contributed by atoms with E-state index in [9.17, 15) is 4.79 Å². The predicted molar refractivity (Wildman–Crippen MR) is 97.3 cm³/mol. The SMILES string of the molecule is COCCON(C(=O)c1cc2ccccc2s1)c1ccccc1N. The van der Waals surface area contributed by atoms with Crippen LogP contribution in [0.25, 0.3) is 10.1 Å². The molecule has 6 heteroatoms. The standard InChI is InChI=1S/C18H18N2O3S/c1-22-10-11-23-20(15-8-4-3-7-14(15)19)18(21)17-12-13-6-2-5-9-16(13)24-17/h2-9,12H,10-11,19H2,1H3. The molecule has 0 unspecified atom stereocenters.